The number of rotatable bonds is 4. The van der Waals surface area contributed by atoms with Gasteiger partial charge in [-0.25, -0.2) is 0 Å². The summed E-state index contributed by atoms with van der Waals surface area (Å²) in [5, 5.41) is 0. The second-order valence-electron chi connectivity index (χ2n) is 4.83. The number of alkyl halides is 2. The SMILES string of the molecule is CC(C)c1cc(C(C)C)c(CCl)cc1CCl. The van der Waals surface area contributed by atoms with Gasteiger partial charge in [-0.15, -0.1) is 23.2 Å². The quantitative estimate of drug-likeness (QED) is 0.634. The smallest absolute Gasteiger partial charge is 0.0477 e. The fourth-order valence-corrected chi connectivity index (χ4v) is 2.50. The molecule has 90 valence electrons. The summed E-state index contributed by atoms with van der Waals surface area (Å²) in [6.45, 7) is 8.82. The van der Waals surface area contributed by atoms with Crippen LogP contribution in [0.2, 0.25) is 0 Å². The van der Waals surface area contributed by atoms with E-state index in [0.717, 1.165) is 0 Å². The number of halogens is 2. The first-order valence-corrected chi connectivity index (χ1v) is 6.85. The molecule has 0 amide bonds. The molecule has 0 saturated carbocycles. The molecule has 0 aliphatic heterocycles. The van der Waals surface area contributed by atoms with Gasteiger partial charge in [0, 0.05) is 11.8 Å². The van der Waals surface area contributed by atoms with Crippen molar-refractivity contribution in [2.45, 2.75) is 51.3 Å². The minimum Gasteiger partial charge on any atom is -0.122 e. The fraction of sp³-hybridized carbons (Fsp3) is 0.571. The monoisotopic (exact) mass is 258 g/mol. The molecule has 0 radical (unpaired) electrons. The molecule has 0 N–H and O–H groups in total. The van der Waals surface area contributed by atoms with Crippen LogP contribution in [0.5, 0.6) is 0 Å². The number of hydrogen-bond donors (Lipinski definition) is 0. The maximum atomic E-state index is 5.99. The Balaban J connectivity index is 3.35. The largest absolute Gasteiger partial charge is 0.122 e. The molecule has 0 unspecified atom stereocenters. The normalized spacial score (nSPS) is 11.5. The highest BCUT2D eigenvalue weighted by Gasteiger charge is 2.13. The van der Waals surface area contributed by atoms with Crippen molar-refractivity contribution < 1.29 is 0 Å². The van der Waals surface area contributed by atoms with Crippen molar-refractivity contribution in [3.05, 3.63) is 34.4 Å². The van der Waals surface area contributed by atoms with Crippen LogP contribution in [0, 0.1) is 0 Å². The first-order chi connectivity index (χ1) is 7.51. The van der Waals surface area contributed by atoms with Gasteiger partial charge in [0.1, 0.15) is 0 Å². The molecule has 1 rings (SSSR count). The first-order valence-electron chi connectivity index (χ1n) is 5.78. The van der Waals surface area contributed by atoms with Crippen LogP contribution in [0.4, 0.5) is 0 Å². The van der Waals surface area contributed by atoms with Crippen LogP contribution in [0.25, 0.3) is 0 Å². The van der Waals surface area contributed by atoms with Crippen molar-refractivity contribution in [2.75, 3.05) is 0 Å². The zero-order valence-corrected chi connectivity index (χ0v) is 12.0. The van der Waals surface area contributed by atoms with Gasteiger partial charge in [-0.05, 0) is 34.1 Å². The summed E-state index contributed by atoms with van der Waals surface area (Å²) in [5.74, 6) is 2.15. The third kappa shape index (κ3) is 2.93. The van der Waals surface area contributed by atoms with Crippen molar-refractivity contribution in [3.63, 3.8) is 0 Å². The van der Waals surface area contributed by atoms with E-state index in [1.807, 2.05) is 0 Å². The standard InChI is InChI=1S/C14H20Cl2/c1-9(2)13-6-14(10(3)4)12(8-16)5-11(13)7-15/h5-6,9-10H,7-8H2,1-4H3. The minimum atomic E-state index is 0.510. The van der Waals surface area contributed by atoms with E-state index in [0.29, 0.717) is 23.6 Å². The van der Waals surface area contributed by atoms with Crippen molar-refractivity contribution in [3.8, 4) is 0 Å². The van der Waals surface area contributed by atoms with Crippen molar-refractivity contribution in [2.24, 2.45) is 0 Å². The Labute approximate surface area is 109 Å². The predicted molar refractivity (Wildman–Crippen MR) is 73.7 cm³/mol. The lowest BCUT2D eigenvalue weighted by molar-refractivity contribution is 0.817. The summed E-state index contributed by atoms with van der Waals surface area (Å²) >= 11 is 12.0. The van der Waals surface area contributed by atoms with Crippen LogP contribution >= 0.6 is 23.2 Å². The van der Waals surface area contributed by atoms with Crippen molar-refractivity contribution >= 4 is 23.2 Å². The second-order valence-corrected chi connectivity index (χ2v) is 5.36. The van der Waals surface area contributed by atoms with E-state index in [2.05, 4.69) is 39.8 Å². The molecule has 0 heterocycles. The molecule has 0 bridgehead atoms. The van der Waals surface area contributed by atoms with Crippen LogP contribution in [-0.2, 0) is 11.8 Å². The van der Waals surface area contributed by atoms with Crippen LogP contribution in [-0.4, -0.2) is 0 Å². The van der Waals surface area contributed by atoms with Crippen LogP contribution < -0.4 is 0 Å². The molecule has 1 aromatic rings. The average molecular weight is 259 g/mol. The molecular weight excluding hydrogens is 239 g/mol. The Morgan fingerprint density at radius 1 is 0.812 bits per heavy atom. The third-order valence-electron chi connectivity index (χ3n) is 2.93. The summed E-state index contributed by atoms with van der Waals surface area (Å²) in [4.78, 5) is 0. The molecule has 0 aliphatic carbocycles. The molecular formula is C14H20Cl2. The molecule has 2 heteroatoms. The Morgan fingerprint density at radius 3 is 1.44 bits per heavy atom. The lowest BCUT2D eigenvalue weighted by Crippen LogP contribution is -2.02. The molecule has 0 fully saturated rings. The Morgan fingerprint density at radius 2 is 1.19 bits per heavy atom. The molecule has 0 aliphatic rings. The average Bonchev–Trinajstić information content (AvgIpc) is 2.26. The minimum absolute atomic E-state index is 0.510. The molecule has 0 nitrogen and oxygen atoms in total. The van der Waals surface area contributed by atoms with Gasteiger partial charge in [0.15, 0.2) is 0 Å². The third-order valence-corrected chi connectivity index (χ3v) is 3.51. The zero-order valence-electron chi connectivity index (χ0n) is 10.5. The highest BCUT2D eigenvalue weighted by molar-refractivity contribution is 6.17. The maximum Gasteiger partial charge on any atom is 0.0477 e. The first kappa shape index (κ1) is 13.9. The van der Waals surface area contributed by atoms with E-state index in [-0.39, 0.29) is 0 Å². The van der Waals surface area contributed by atoms with Crippen LogP contribution in [0.1, 0.15) is 61.8 Å². The van der Waals surface area contributed by atoms with E-state index in [9.17, 15) is 0 Å². The molecule has 0 saturated heterocycles. The molecule has 0 aromatic heterocycles. The van der Waals surface area contributed by atoms with E-state index in [4.69, 9.17) is 23.2 Å². The fourth-order valence-electron chi connectivity index (χ4n) is 2.04. The van der Waals surface area contributed by atoms with E-state index in [1.54, 1.807) is 0 Å². The van der Waals surface area contributed by atoms with Gasteiger partial charge in [-0.3, -0.25) is 0 Å². The van der Waals surface area contributed by atoms with Gasteiger partial charge < -0.3 is 0 Å². The Hall–Kier alpha value is -0.200. The molecule has 0 atom stereocenters. The van der Waals surface area contributed by atoms with Gasteiger partial charge in [0.2, 0.25) is 0 Å². The van der Waals surface area contributed by atoms with Gasteiger partial charge in [0.05, 0.1) is 0 Å². The van der Waals surface area contributed by atoms with Crippen molar-refractivity contribution in [1.29, 1.82) is 0 Å². The Kier molecular flexibility index (Phi) is 5.14. The van der Waals surface area contributed by atoms with E-state index >= 15 is 0 Å². The Bertz CT molecular complexity index is 323. The maximum absolute atomic E-state index is 5.99. The second kappa shape index (κ2) is 5.93. The number of hydrogen-bond acceptors (Lipinski definition) is 0. The highest BCUT2D eigenvalue weighted by atomic mass is 35.5. The van der Waals surface area contributed by atoms with E-state index in [1.165, 1.54) is 22.3 Å². The van der Waals surface area contributed by atoms with Crippen LogP contribution in [0.15, 0.2) is 12.1 Å². The van der Waals surface area contributed by atoms with E-state index < -0.39 is 0 Å². The van der Waals surface area contributed by atoms with Crippen LogP contribution in [0.3, 0.4) is 0 Å². The summed E-state index contributed by atoms with van der Waals surface area (Å²) in [7, 11) is 0. The lowest BCUT2D eigenvalue weighted by atomic mass is 9.89. The van der Waals surface area contributed by atoms with Gasteiger partial charge in [-0.1, -0.05) is 39.8 Å². The predicted octanol–water partition coefficient (Wildman–Crippen LogP) is 5.41. The van der Waals surface area contributed by atoms with Gasteiger partial charge >= 0.3 is 0 Å². The lowest BCUT2D eigenvalue weighted by Gasteiger charge is -2.18. The topological polar surface area (TPSA) is 0 Å². The van der Waals surface area contributed by atoms with Gasteiger partial charge in [0.25, 0.3) is 0 Å². The van der Waals surface area contributed by atoms with Gasteiger partial charge in [-0.2, -0.15) is 0 Å². The zero-order chi connectivity index (χ0) is 12.3. The molecule has 0 spiro atoms. The number of benzene rings is 1. The summed E-state index contributed by atoms with van der Waals surface area (Å²) in [5.41, 5.74) is 5.15. The highest BCUT2D eigenvalue weighted by Crippen LogP contribution is 2.30. The summed E-state index contributed by atoms with van der Waals surface area (Å²) in [6.07, 6.45) is 0. The molecule has 16 heavy (non-hydrogen) atoms. The summed E-state index contributed by atoms with van der Waals surface area (Å²) < 4.78 is 0. The molecule has 1 aromatic carbocycles. The summed E-state index contributed by atoms with van der Waals surface area (Å²) in [6, 6.07) is 4.45. The van der Waals surface area contributed by atoms with Crippen molar-refractivity contribution in [1.82, 2.24) is 0 Å².